The molecule has 0 bridgehead atoms. The van der Waals surface area contributed by atoms with Gasteiger partial charge >= 0.3 is 0 Å². The molecule has 1 aliphatic carbocycles. The summed E-state index contributed by atoms with van der Waals surface area (Å²) in [4.78, 5) is 149. The summed E-state index contributed by atoms with van der Waals surface area (Å²) < 4.78 is 49.7. The van der Waals surface area contributed by atoms with Crippen LogP contribution in [0.3, 0.4) is 0 Å². The third kappa shape index (κ3) is 16.2. The van der Waals surface area contributed by atoms with Gasteiger partial charge in [0.15, 0.2) is 0 Å². The molecule has 5 aliphatic rings. The number of rotatable bonds is 18. The largest absolute Gasteiger partial charge is 0.396 e. The van der Waals surface area contributed by atoms with Gasteiger partial charge in [-0.05, 0) is 131 Å². The molecule has 34 heteroatoms. The van der Waals surface area contributed by atoms with Gasteiger partial charge in [-0.2, -0.15) is 0 Å². The van der Waals surface area contributed by atoms with Crippen molar-refractivity contribution in [2.75, 3.05) is 71.0 Å². The van der Waals surface area contributed by atoms with Crippen LogP contribution in [0.2, 0.25) is 15.1 Å². The van der Waals surface area contributed by atoms with Crippen molar-refractivity contribution in [3.05, 3.63) is 201 Å². The number of aromatic nitrogens is 10. The van der Waals surface area contributed by atoms with Crippen LogP contribution in [-0.4, -0.2) is 180 Å². The number of alkyl halides is 3. The zero-order valence-electron chi connectivity index (χ0n) is 63.6. The zero-order chi connectivity index (χ0) is 81.1. The van der Waals surface area contributed by atoms with Crippen molar-refractivity contribution in [3.8, 4) is 0 Å². The van der Waals surface area contributed by atoms with E-state index in [1.165, 1.54) is 62.9 Å². The van der Waals surface area contributed by atoms with Crippen LogP contribution in [0.4, 0.5) is 24.5 Å². The SMILES string of the molecule is CN1CCCC1c1nc2cnc3c(cc(C(=O)NCc4ccc(Cl)cc4)c(=O)n3CC(=O)N3CC(C)(F)C3)c2n1C.CNc1c(N)cnc2c1cc(C(=O)NCc1ccc(Cl)cc1)c(=O)n2CC(=O)N1CC(C)(F)C1.Cn1c(C2CCC2)nc2cnc3c(cc(C(=O)NCc4ccc(Cl)cc4)c(=O)n3CC(=O)N3CC(C)(F)C3)c21. The third-order valence-corrected chi connectivity index (χ3v) is 22.3. The number of carbonyl (C=O) groups excluding carboxylic acids is 6. The maximum absolute atomic E-state index is 14.1. The van der Waals surface area contributed by atoms with Gasteiger partial charge in [-0.15, -0.1) is 0 Å². The number of pyridine rings is 6. The molecule has 11 aromatic rings. The predicted octanol–water partition coefficient (Wildman–Crippen LogP) is 9.08. The Morgan fingerprint density at radius 1 is 0.491 bits per heavy atom. The molecule has 1 unspecified atom stereocenters. The van der Waals surface area contributed by atoms with Gasteiger partial charge in [0.25, 0.3) is 34.4 Å². The number of nitrogens with one attached hydrogen (secondary N) is 4. The van der Waals surface area contributed by atoms with Crippen LogP contribution in [0, 0.1) is 0 Å². The van der Waals surface area contributed by atoms with Crippen molar-refractivity contribution in [2.45, 2.75) is 121 Å². The highest BCUT2D eigenvalue weighted by Crippen LogP contribution is 2.39. The fourth-order valence-corrected chi connectivity index (χ4v) is 15.7. The standard InChI is InChI=1S/C29H31ClFN7O3.C28H28ClFN6O3.C23H24ClFN6O3/c1-29(31)15-37(16-29)23(39)14-38-25-19(11-20(28(38)41)27(40)33-12-17-6-8-18(30)9-7-17)24-21(13-32-25)34-26(36(24)3)22-5-4-10-35(22)2;1-28(30)14-35(15-28)22(37)13-36-25-19(23-21(12-31-25)33-24(34(23)2)17-4-3-5-17)10-20(27(36)39)26(38)32-11-16-6-8-18(29)9-7-16;1-23(25)11-30(12-23)18(32)10-31-20-15(19(27-2)17(26)9-28-20)7-16(22(31)34)21(33)29-8-13-3-5-14(24)6-4-13/h6-9,11,13,22H,4-5,10,12,14-16H2,1-3H3,(H,33,40);6-10,12,17H,3-5,11,13-15H2,1-2H3,(H,32,38);3-7,9H,8,10-12,26H2,1-2H3,(H,27,28)(H,29,33). The van der Waals surface area contributed by atoms with Crippen LogP contribution < -0.4 is 43.7 Å². The van der Waals surface area contributed by atoms with Gasteiger partial charge in [0.2, 0.25) is 17.7 Å². The topological polar surface area (TPSA) is 330 Å². The first-order chi connectivity index (χ1) is 54.2. The second-order valence-corrected chi connectivity index (χ2v) is 31.9. The summed E-state index contributed by atoms with van der Waals surface area (Å²) in [7, 11) is 7.55. The molecule has 5 fully saturated rings. The Labute approximate surface area is 665 Å². The number of aryl methyl sites for hydroxylation is 2. The molecule has 16 rings (SSSR count). The monoisotopic (exact) mass is 1620 g/mol. The number of benzene rings is 3. The van der Waals surface area contributed by atoms with Crippen molar-refractivity contribution in [3.63, 3.8) is 0 Å². The Balaban J connectivity index is 0.000000142. The molecule has 594 valence electrons. The highest BCUT2D eigenvalue weighted by Gasteiger charge is 2.44. The minimum atomic E-state index is -1.45. The highest BCUT2D eigenvalue weighted by atomic mass is 35.5. The lowest BCUT2D eigenvalue weighted by molar-refractivity contribution is -0.145. The molecule has 3 aromatic carbocycles. The number of amides is 6. The number of nitrogen functional groups attached to an aromatic ring is 1. The molecule has 1 atom stereocenters. The summed E-state index contributed by atoms with van der Waals surface area (Å²) in [6.07, 6.45) is 9.88. The summed E-state index contributed by atoms with van der Waals surface area (Å²) >= 11 is 17.8. The molecule has 114 heavy (non-hydrogen) atoms. The lowest BCUT2D eigenvalue weighted by Gasteiger charge is -2.42. The lowest BCUT2D eigenvalue weighted by atomic mass is 9.85. The van der Waals surface area contributed by atoms with Crippen molar-refractivity contribution in [2.24, 2.45) is 14.1 Å². The molecular weight excluding hydrogens is 1530 g/mol. The van der Waals surface area contributed by atoms with E-state index in [9.17, 15) is 56.3 Å². The Bertz CT molecular complexity index is 5880. The van der Waals surface area contributed by atoms with Gasteiger partial charge in [-0.25, -0.2) is 38.1 Å². The number of nitrogens with zero attached hydrogens (tertiary/aromatic N) is 14. The fourth-order valence-electron chi connectivity index (χ4n) is 15.3. The summed E-state index contributed by atoms with van der Waals surface area (Å²) in [5, 5.41) is 14.5. The van der Waals surface area contributed by atoms with Gasteiger partial charge in [-0.1, -0.05) is 77.6 Å². The Morgan fingerprint density at radius 2 is 0.833 bits per heavy atom. The van der Waals surface area contributed by atoms with Crippen molar-refractivity contribution in [1.29, 1.82) is 0 Å². The summed E-state index contributed by atoms with van der Waals surface area (Å²) in [6, 6.07) is 25.6. The zero-order valence-corrected chi connectivity index (χ0v) is 65.8. The molecule has 0 spiro atoms. The first-order valence-corrected chi connectivity index (χ1v) is 38.3. The Kier molecular flexibility index (Phi) is 22.0. The van der Waals surface area contributed by atoms with Gasteiger partial charge in [0.1, 0.15) is 93.0 Å². The van der Waals surface area contributed by atoms with Crippen LogP contribution in [0.5, 0.6) is 0 Å². The number of halogens is 6. The average molecular weight is 1620 g/mol. The quantitative estimate of drug-likeness (QED) is 0.0534. The molecule has 1 saturated carbocycles. The molecule has 8 aromatic heterocycles. The van der Waals surface area contributed by atoms with Gasteiger partial charge < -0.3 is 50.8 Å². The fraction of sp³-hybridized carbons (Fsp3) is 0.375. The van der Waals surface area contributed by atoms with E-state index in [0.29, 0.717) is 59.6 Å². The third-order valence-electron chi connectivity index (χ3n) is 21.5. The lowest BCUT2D eigenvalue weighted by Crippen LogP contribution is -2.60. The van der Waals surface area contributed by atoms with E-state index >= 15 is 0 Å². The van der Waals surface area contributed by atoms with Crippen LogP contribution >= 0.6 is 34.8 Å². The van der Waals surface area contributed by atoms with Gasteiger partial charge in [0, 0.05) is 77.9 Å². The van der Waals surface area contributed by atoms with Crippen molar-refractivity contribution < 1.29 is 41.9 Å². The number of carbonyl (C=O) groups is 6. The van der Waals surface area contributed by atoms with E-state index in [1.807, 2.05) is 23.2 Å². The number of fused-ring (bicyclic) bond motifs is 7. The van der Waals surface area contributed by atoms with E-state index in [-0.39, 0.29) is 118 Å². The van der Waals surface area contributed by atoms with E-state index in [1.54, 1.807) is 98.3 Å². The van der Waals surface area contributed by atoms with Gasteiger partial charge in [0.05, 0.1) is 86.3 Å². The van der Waals surface area contributed by atoms with Crippen LogP contribution in [-0.2, 0) is 67.7 Å². The second-order valence-electron chi connectivity index (χ2n) is 30.6. The first-order valence-electron chi connectivity index (χ1n) is 37.2. The van der Waals surface area contributed by atoms with Crippen LogP contribution in [0.1, 0.15) is 124 Å². The molecule has 4 saturated heterocycles. The van der Waals surface area contributed by atoms with E-state index in [2.05, 4.69) is 48.2 Å². The summed E-state index contributed by atoms with van der Waals surface area (Å²) in [6.45, 7) is 4.42. The number of imidazole rings is 2. The Morgan fingerprint density at radius 3 is 1.17 bits per heavy atom. The van der Waals surface area contributed by atoms with Crippen LogP contribution in [0.15, 0.2) is 124 Å². The number of likely N-dealkylation sites (tertiary alicyclic amines) is 4. The van der Waals surface area contributed by atoms with Gasteiger partial charge in [-0.3, -0.25) is 61.8 Å². The summed E-state index contributed by atoms with van der Waals surface area (Å²) in [5.41, 5.74) is 6.03. The summed E-state index contributed by atoms with van der Waals surface area (Å²) in [5.74, 6) is -0.865. The normalized spacial score (nSPS) is 16.8. The smallest absolute Gasteiger partial charge is 0.265 e. The van der Waals surface area contributed by atoms with Crippen LogP contribution in [0.25, 0.3) is 55.2 Å². The minimum Gasteiger partial charge on any atom is -0.396 e. The maximum Gasteiger partial charge on any atom is 0.265 e. The number of hydrogen-bond donors (Lipinski definition) is 5. The predicted molar refractivity (Wildman–Crippen MR) is 428 cm³/mol. The molecule has 6 amide bonds. The van der Waals surface area contributed by atoms with E-state index < -0.39 is 69.1 Å². The second kappa shape index (κ2) is 31.6. The number of anilines is 2. The molecule has 6 N–H and O–H groups in total. The van der Waals surface area contributed by atoms with Crippen molar-refractivity contribution >= 4 is 137 Å². The minimum absolute atomic E-state index is 0.0378. The van der Waals surface area contributed by atoms with E-state index in [0.717, 1.165) is 82.6 Å². The average Bonchev–Trinajstić information content (AvgIpc) is 1.56. The maximum atomic E-state index is 14.1. The Hall–Kier alpha value is -11.3. The number of hydrogen-bond acceptors (Lipinski definition) is 17. The van der Waals surface area contributed by atoms with E-state index in [4.69, 9.17) is 50.5 Å². The molecule has 0 radical (unpaired) electrons. The first kappa shape index (κ1) is 79.4. The molecule has 12 heterocycles. The highest BCUT2D eigenvalue weighted by molar-refractivity contribution is 6.31. The molecule has 4 aliphatic heterocycles. The molecule has 28 nitrogen and oxygen atoms in total. The number of nitrogens with two attached hydrogens (primary N) is 1. The van der Waals surface area contributed by atoms with Crippen molar-refractivity contribution in [1.82, 2.24) is 83.3 Å². The molecular formula is C80H83Cl3F3N19O9.